The normalized spacial score (nSPS) is 15.9. The van der Waals surface area contributed by atoms with Gasteiger partial charge in [-0.3, -0.25) is 9.59 Å². The molecule has 0 aromatic carbocycles. The molecule has 1 aliphatic rings. The maximum absolute atomic E-state index is 10.3. The molecule has 0 atom stereocenters. The molecule has 1 aliphatic carbocycles. The van der Waals surface area contributed by atoms with Crippen molar-refractivity contribution in [2.24, 2.45) is 5.73 Å². The molecular formula is C12H21NO7. The first-order valence-electron chi connectivity index (χ1n) is 6.32. The van der Waals surface area contributed by atoms with Crippen molar-refractivity contribution in [1.82, 2.24) is 0 Å². The van der Waals surface area contributed by atoms with Crippen LogP contribution in [0.25, 0.3) is 0 Å². The number of carbonyl (C=O) groups is 3. The van der Waals surface area contributed by atoms with E-state index in [1.807, 2.05) is 0 Å². The number of nitrogens with two attached hydrogens (primary N) is 1. The van der Waals surface area contributed by atoms with Gasteiger partial charge in [-0.25, -0.2) is 4.79 Å². The molecule has 0 spiro atoms. The summed E-state index contributed by atoms with van der Waals surface area (Å²) in [6.07, 6.45) is 4.37. The van der Waals surface area contributed by atoms with E-state index in [0.717, 1.165) is 0 Å². The predicted molar refractivity (Wildman–Crippen MR) is 68.2 cm³/mol. The third kappa shape index (κ3) is 7.70. The topological polar surface area (TPSA) is 158 Å². The zero-order chi connectivity index (χ0) is 15.8. The second-order valence-corrected chi connectivity index (χ2v) is 4.88. The fourth-order valence-electron chi connectivity index (χ4n) is 1.85. The molecule has 0 aliphatic heterocycles. The zero-order valence-electron chi connectivity index (χ0n) is 11.1. The van der Waals surface area contributed by atoms with Crippen LogP contribution in [0.5, 0.6) is 0 Å². The molecule has 0 saturated heterocycles. The van der Waals surface area contributed by atoms with Crippen molar-refractivity contribution in [2.75, 3.05) is 0 Å². The van der Waals surface area contributed by atoms with E-state index in [1.165, 1.54) is 32.1 Å². The molecule has 0 aromatic rings. The molecule has 0 aromatic heterocycles. The van der Waals surface area contributed by atoms with Crippen LogP contribution in [0.15, 0.2) is 0 Å². The second kappa shape index (κ2) is 8.49. The van der Waals surface area contributed by atoms with Crippen LogP contribution in [0.3, 0.4) is 0 Å². The van der Waals surface area contributed by atoms with E-state index in [-0.39, 0.29) is 0 Å². The van der Waals surface area contributed by atoms with Gasteiger partial charge < -0.3 is 26.2 Å². The molecule has 20 heavy (non-hydrogen) atoms. The van der Waals surface area contributed by atoms with Crippen molar-refractivity contribution in [3.8, 4) is 0 Å². The fraction of sp³-hybridized carbons (Fsp3) is 0.750. The summed E-state index contributed by atoms with van der Waals surface area (Å²) in [5.74, 6) is -5.02. The van der Waals surface area contributed by atoms with E-state index >= 15 is 0 Å². The first kappa shape index (κ1) is 18.3. The summed E-state index contributed by atoms with van der Waals surface area (Å²) in [6.45, 7) is 0. The van der Waals surface area contributed by atoms with Crippen LogP contribution < -0.4 is 5.73 Å². The molecule has 1 rings (SSSR count). The van der Waals surface area contributed by atoms with E-state index in [4.69, 9.17) is 26.2 Å². The summed E-state index contributed by atoms with van der Waals surface area (Å²) in [5, 5.41) is 33.8. The van der Waals surface area contributed by atoms with E-state index < -0.39 is 36.4 Å². The first-order chi connectivity index (χ1) is 9.17. The number of aliphatic carboxylic acids is 3. The highest BCUT2D eigenvalue weighted by atomic mass is 16.4. The Morgan fingerprint density at radius 1 is 0.950 bits per heavy atom. The molecule has 1 saturated carbocycles. The lowest BCUT2D eigenvalue weighted by Gasteiger charge is -2.18. The first-order valence-corrected chi connectivity index (χ1v) is 6.32. The van der Waals surface area contributed by atoms with Gasteiger partial charge in [-0.2, -0.15) is 0 Å². The Bertz CT molecular complexity index is 334. The quantitative estimate of drug-likeness (QED) is 0.474. The summed E-state index contributed by atoms with van der Waals surface area (Å²) in [5.41, 5.74) is 2.90. The molecule has 0 heterocycles. The second-order valence-electron chi connectivity index (χ2n) is 4.88. The fourth-order valence-corrected chi connectivity index (χ4v) is 1.85. The van der Waals surface area contributed by atoms with Crippen molar-refractivity contribution in [3.05, 3.63) is 0 Å². The Hall–Kier alpha value is -1.67. The highest BCUT2D eigenvalue weighted by Crippen LogP contribution is 2.16. The lowest BCUT2D eigenvalue weighted by molar-refractivity contribution is -0.170. The highest BCUT2D eigenvalue weighted by molar-refractivity contribution is 5.88. The van der Waals surface area contributed by atoms with Crippen molar-refractivity contribution >= 4 is 17.9 Å². The van der Waals surface area contributed by atoms with Crippen LogP contribution in [-0.2, 0) is 14.4 Å². The van der Waals surface area contributed by atoms with Gasteiger partial charge in [0.05, 0.1) is 12.8 Å². The van der Waals surface area contributed by atoms with E-state index in [9.17, 15) is 14.4 Å². The summed E-state index contributed by atoms with van der Waals surface area (Å²) in [4.78, 5) is 30.5. The molecule has 0 radical (unpaired) electrons. The third-order valence-electron chi connectivity index (χ3n) is 2.94. The lowest BCUT2D eigenvalue weighted by atomic mass is 9.96. The summed E-state index contributed by atoms with van der Waals surface area (Å²) >= 11 is 0. The SMILES string of the molecule is NC1CCCCC1.O=C(O)CC(O)(CC(=O)O)C(=O)O. The van der Waals surface area contributed by atoms with Gasteiger partial charge >= 0.3 is 17.9 Å². The smallest absolute Gasteiger partial charge is 0.336 e. The van der Waals surface area contributed by atoms with Crippen molar-refractivity contribution in [2.45, 2.75) is 56.6 Å². The van der Waals surface area contributed by atoms with Crippen molar-refractivity contribution < 1.29 is 34.8 Å². The molecule has 0 unspecified atom stereocenters. The maximum atomic E-state index is 10.3. The summed E-state index contributed by atoms with van der Waals surface area (Å²) in [6, 6.07) is 0.536. The Kier molecular flexibility index (Phi) is 7.78. The van der Waals surface area contributed by atoms with Crippen LogP contribution in [0.4, 0.5) is 0 Å². The third-order valence-corrected chi connectivity index (χ3v) is 2.94. The van der Waals surface area contributed by atoms with Gasteiger partial charge in [-0.15, -0.1) is 0 Å². The number of aliphatic hydroxyl groups is 1. The maximum Gasteiger partial charge on any atom is 0.336 e. The van der Waals surface area contributed by atoms with Crippen LogP contribution >= 0.6 is 0 Å². The van der Waals surface area contributed by atoms with Gasteiger partial charge in [0.25, 0.3) is 0 Å². The van der Waals surface area contributed by atoms with Gasteiger partial charge in [0.15, 0.2) is 5.60 Å². The predicted octanol–water partition coefficient (Wildman–Crippen LogP) is 0.0293. The number of carboxylic acids is 3. The van der Waals surface area contributed by atoms with Gasteiger partial charge in [-0.1, -0.05) is 19.3 Å². The van der Waals surface area contributed by atoms with Gasteiger partial charge in [0.1, 0.15) is 0 Å². The monoisotopic (exact) mass is 291 g/mol. The Balaban J connectivity index is 0.000000428. The number of hydrogen-bond acceptors (Lipinski definition) is 5. The van der Waals surface area contributed by atoms with E-state index in [1.54, 1.807) is 0 Å². The van der Waals surface area contributed by atoms with Gasteiger partial charge in [0.2, 0.25) is 0 Å². The minimum atomic E-state index is -2.74. The van der Waals surface area contributed by atoms with Crippen molar-refractivity contribution in [3.63, 3.8) is 0 Å². The Morgan fingerprint density at radius 3 is 1.55 bits per heavy atom. The summed E-state index contributed by atoms with van der Waals surface area (Å²) < 4.78 is 0. The molecule has 8 heteroatoms. The lowest BCUT2D eigenvalue weighted by Crippen LogP contribution is -2.42. The van der Waals surface area contributed by atoms with Crippen molar-refractivity contribution in [1.29, 1.82) is 0 Å². The summed E-state index contributed by atoms with van der Waals surface area (Å²) in [7, 11) is 0. The van der Waals surface area contributed by atoms with Crippen LogP contribution in [0, 0.1) is 0 Å². The average Bonchev–Trinajstić information content (AvgIpc) is 2.28. The molecule has 116 valence electrons. The van der Waals surface area contributed by atoms with Gasteiger partial charge in [-0.05, 0) is 12.8 Å². The molecule has 1 fully saturated rings. The average molecular weight is 291 g/mol. The number of hydrogen-bond donors (Lipinski definition) is 5. The Labute approximate surface area is 116 Å². The van der Waals surface area contributed by atoms with E-state index in [2.05, 4.69) is 0 Å². The Morgan fingerprint density at radius 2 is 1.35 bits per heavy atom. The number of rotatable bonds is 5. The van der Waals surface area contributed by atoms with Gasteiger partial charge in [0, 0.05) is 6.04 Å². The van der Waals surface area contributed by atoms with Crippen LogP contribution in [0.1, 0.15) is 44.9 Å². The molecule has 6 N–H and O–H groups in total. The standard InChI is InChI=1S/C6H13N.C6H8O7/c7-6-4-2-1-3-5-6;7-3(8)1-6(13,5(11)12)2-4(9)10/h6H,1-5,7H2;13H,1-2H2,(H,7,8)(H,9,10)(H,11,12). The number of carboxylic acid groups (broad SMARTS) is 3. The largest absolute Gasteiger partial charge is 0.481 e. The van der Waals surface area contributed by atoms with Crippen LogP contribution in [-0.4, -0.2) is 50.0 Å². The molecule has 8 nitrogen and oxygen atoms in total. The molecule has 0 bridgehead atoms. The van der Waals surface area contributed by atoms with E-state index in [0.29, 0.717) is 6.04 Å². The molecule has 0 amide bonds. The minimum Gasteiger partial charge on any atom is -0.481 e. The minimum absolute atomic E-state index is 0.536. The zero-order valence-corrected chi connectivity index (χ0v) is 11.1. The highest BCUT2D eigenvalue weighted by Gasteiger charge is 2.40. The molecular weight excluding hydrogens is 270 g/mol. The van der Waals surface area contributed by atoms with Crippen LogP contribution in [0.2, 0.25) is 0 Å².